The average Bonchev–Trinajstić information content (AvgIpc) is 1.99. The predicted molar refractivity (Wildman–Crippen MR) is 52.3 cm³/mol. The molecule has 0 saturated heterocycles. The second-order valence-electron chi connectivity index (χ2n) is 2.75. The molecule has 0 aliphatic carbocycles. The summed E-state index contributed by atoms with van der Waals surface area (Å²) in [4.78, 5) is 9.83. The van der Waals surface area contributed by atoms with Crippen LogP contribution in [0.3, 0.4) is 0 Å². The summed E-state index contributed by atoms with van der Waals surface area (Å²) in [5, 5.41) is 6.95. The number of alkyl halides is 3. The van der Waals surface area contributed by atoms with Crippen LogP contribution in [0.15, 0.2) is 18.2 Å². The molecule has 4 nitrogen and oxygen atoms in total. The third kappa shape index (κ3) is 3.43. The monoisotopic (exact) mass is 281 g/mol. The maximum Gasteiger partial charge on any atom is 0.459 e. The van der Waals surface area contributed by atoms with Crippen LogP contribution in [-0.4, -0.2) is 9.94 Å². The highest BCUT2D eigenvalue weighted by Gasteiger charge is 2.27. The Morgan fingerprint density at radius 2 is 2.13 bits per heavy atom. The van der Waals surface area contributed by atoms with Crippen molar-refractivity contribution in [2.75, 3.05) is 0 Å². The van der Waals surface area contributed by atoms with E-state index in [4.69, 9.17) is 0 Å². The summed E-state index contributed by atoms with van der Waals surface area (Å²) in [6, 6.07) is 3.40. The normalized spacial score (nSPS) is 11.2. The zero-order valence-electron chi connectivity index (χ0n) is 7.54. The van der Waals surface area contributed by atoms with Crippen molar-refractivity contribution in [3.63, 3.8) is 0 Å². The van der Waals surface area contributed by atoms with Gasteiger partial charge < -0.3 is 4.74 Å². The molecule has 0 aromatic heterocycles. The summed E-state index contributed by atoms with van der Waals surface area (Å²) in [5.41, 5.74) is 0.120. The van der Waals surface area contributed by atoms with E-state index >= 15 is 0 Å². The molecular weight excluding hydrogens is 276 g/mol. The number of nitro groups is 1. The SMILES string of the molecule is Cc1cc(OC(F)(F)Br)ccc1[N+](=O)[O-]. The first-order chi connectivity index (χ1) is 6.79. The molecule has 15 heavy (non-hydrogen) atoms. The second-order valence-corrected chi connectivity index (χ2v) is 3.68. The molecule has 82 valence electrons. The van der Waals surface area contributed by atoms with Gasteiger partial charge in [0.1, 0.15) is 5.75 Å². The molecule has 0 aliphatic heterocycles. The van der Waals surface area contributed by atoms with Crippen molar-refractivity contribution >= 4 is 21.6 Å². The van der Waals surface area contributed by atoms with E-state index in [1.54, 1.807) is 0 Å². The van der Waals surface area contributed by atoms with Crippen molar-refractivity contribution in [3.8, 4) is 5.75 Å². The molecule has 0 fully saturated rings. The highest BCUT2D eigenvalue weighted by Crippen LogP contribution is 2.29. The van der Waals surface area contributed by atoms with Gasteiger partial charge in [0.05, 0.1) is 4.92 Å². The first-order valence-corrected chi connectivity index (χ1v) is 4.59. The van der Waals surface area contributed by atoms with Crippen LogP contribution in [-0.2, 0) is 0 Å². The molecule has 1 aromatic rings. The fourth-order valence-corrected chi connectivity index (χ4v) is 1.22. The fraction of sp³-hybridized carbons (Fsp3) is 0.250. The van der Waals surface area contributed by atoms with E-state index in [1.807, 2.05) is 15.9 Å². The zero-order valence-corrected chi connectivity index (χ0v) is 9.12. The molecule has 0 aliphatic rings. The lowest BCUT2D eigenvalue weighted by molar-refractivity contribution is -0.385. The molecule has 0 atom stereocenters. The van der Waals surface area contributed by atoms with E-state index in [2.05, 4.69) is 4.74 Å². The van der Waals surface area contributed by atoms with Crippen LogP contribution >= 0.6 is 15.9 Å². The van der Waals surface area contributed by atoms with E-state index in [0.29, 0.717) is 0 Å². The van der Waals surface area contributed by atoms with E-state index < -0.39 is 9.94 Å². The van der Waals surface area contributed by atoms with Crippen LogP contribution in [0.4, 0.5) is 14.5 Å². The number of rotatable bonds is 3. The van der Waals surface area contributed by atoms with Gasteiger partial charge in [-0.3, -0.25) is 10.1 Å². The van der Waals surface area contributed by atoms with Gasteiger partial charge in [0.15, 0.2) is 0 Å². The molecule has 1 aromatic carbocycles. The summed E-state index contributed by atoms with van der Waals surface area (Å²) < 4.78 is 28.9. The Balaban J connectivity index is 2.97. The molecule has 0 bridgehead atoms. The largest absolute Gasteiger partial charge is 0.459 e. The zero-order chi connectivity index (χ0) is 11.6. The Labute approximate surface area is 92.1 Å². The minimum Gasteiger partial charge on any atom is -0.424 e. The Morgan fingerprint density at radius 3 is 2.53 bits per heavy atom. The standard InChI is InChI=1S/C8H6BrF2NO3/c1-5-4-6(15-8(9,10)11)2-3-7(5)12(13)14/h2-4H,1H3. The molecule has 0 spiro atoms. The van der Waals surface area contributed by atoms with Gasteiger partial charge in [-0.2, -0.15) is 8.78 Å². The lowest BCUT2D eigenvalue weighted by Crippen LogP contribution is -2.14. The summed E-state index contributed by atoms with van der Waals surface area (Å²) >= 11 is 2.00. The first-order valence-electron chi connectivity index (χ1n) is 3.80. The van der Waals surface area contributed by atoms with Crippen LogP contribution < -0.4 is 4.74 Å². The summed E-state index contributed by atoms with van der Waals surface area (Å²) in [6.45, 7) is 1.44. The molecule has 0 amide bonds. The Bertz CT molecular complexity index is 392. The van der Waals surface area contributed by atoms with Gasteiger partial charge in [-0.15, -0.1) is 0 Å². The van der Waals surface area contributed by atoms with Crippen LogP contribution in [0.1, 0.15) is 5.56 Å². The number of nitro benzene ring substituents is 1. The van der Waals surface area contributed by atoms with Crippen molar-refractivity contribution < 1.29 is 18.4 Å². The van der Waals surface area contributed by atoms with Crippen molar-refractivity contribution in [2.45, 2.75) is 11.9 Å². The number of benzene rings is 1. The van der Waals surface area contributed by atoms with Gasteiger partial charge in [-0.05, 0) is 19.1 Å². The van der Waals surface area contributed by atoms with Gasteiger partial charge in [0.25, 0.3) is 5.69 Å². The van der Waals surface area contributed by atoms with E-state index in [0.717, 1.165) is 12.1 Å². The van der Waals surface area contributed by atoms with Crippen LogP contribution in [0, 0.1) is 17.0 Å². The average molecular weight is 282 g/mol. The lowest BCUT2D eigenvalue weighted by atomic mass is 10.2. The van der Waals surface area contributed by atoms with E-state index in [9.17, 15) is 18.9 Å². The van der Waals surface area contributed by atoms with Gasteiger partial charge in [-0.1, -0.05) is 0 Å². The van der Waals surface area contributed by atoms with Crippen molar-refractivity contribution in [1.82, 2.24) is 0 Å². The number of hydrogen-bond acceptors (Lipinski definition) is 3. The third-order valence-electron chi connectivity index (χ3n) is 1.60. The highest BCUT2D eigenvalue weighted by molar-refractivity contribution is 9.09. The predicted octanol–water partition coefficient (Wildman–Crippen LogP) is 3.23. The highest BCUT2D eigenvalue weighted by atomic mass is 79.9. The Hall–Kier alpha value is -1.24. The van der Waals surface area contributed by atoms with E-state index in [-0.39, 0.29) is 17.0 Å². The molecule has 0 heterocycles. The smallest absolute Gasteiger partial charge is 0.424 e. The molecule has 0 N–H and O–H groups in total. The Morgan fingerprint density at radius 1 is 1.53 bits per heavy atom. The molecule has 0 saturated carbocycles. The quantitative estimate of drug-likeness (QED) is 0.486. The number of halogens is 3. The third-order valence-corrected chi connectivity index (χ3v) is 1.76. The topological polar surface area (TPSA) is 52.4 Å². The minimum absolute atomic E-state index is 0.139. The fourth-order valence-electron chi connectivity index (χ4n) is 1.03. The van der Waals surface area contributed by atoms with Crippen molar-refractivity contribution in [1.29, 1.82) is 0 Å². The van der Waals surface area contributed by atoms with Crippen LogP contribution in [0.25, 0.3) is 0 Å². The Kier molecular flexibility index (Phi) is 3.23. The van der Waals surface area contributed by atoms with Gasteiger partial charge in [-0.25, -0.2) is 0 Å². The van der Waals surface area contributed by atoms with Gasteiger partial charge in [0.2, 0.25) is 0 Å². The first kappa shape index (κ1) is 11.8. The second kappa shape index (κ2) is 4.09. The lowest BCUT2D eigenvalue weighted by Gasteiger charge is -2.11. The van der Waals surface area contributed by atoms with E-state index in [1.165, 1.54) is 13.0 Å². The maximum absolute atomic E-state index is 12.4. The summed E-state index contributed by atoms with van der Waals surface area (Å²) in [5.74, 6) is -0.139. The van der Waals surface area contributed by atoms with Crippen molar-refractivity contribution in [2.24, 2.45) is 0 Å². The number of hydrogen-bond donors (Lipinski definition) is 0. The molecule has 1 rings (SSSR count). The van der Waals surface area contributed by atoms with Crippen LogP contribution in [0.2, 0.25) is 0 Å². The number of ether oxygens (including phenoxy) is 1. The van der Waals surface area contributed by atoms with Crippen molar-refractivity contribution in [3.05, 3.63) is 33.9 Å². The summed E-state index contributed by atoms with van der Waals surface area (Å²) in [7, 11) is 0. The molecule has 7 heteroatoms. The minimum atomic E-state index is -3.48. The summed E-state index contributed by atoms with van der Waals surface area (Å²) in [6.07, 6.45) is 0. The molecular formula is C8H6BrF2NO3. The number of nitrogens with zero attached hydrogens (tertiary/aromatic N) is 1. The number of aryl methyl sites for hydroxylation is 1. The molecule has 0 radical (unpaired) electrons. The van der Waals surface area contributed by atoms with Crippen LogP contribution in [0.5, 0.6) is 5.75 Å². The molecule has 0 unspecified atom stereocenters. The maximum atomic E-state index is 12.4. The van der Waals surface area contributed by atoms with Gasteiger partial charge in [0, 0.05) is 27.6 Å². The van der Waals surface area contributed by atoms with Gasteiger partial charge >= 0.3 is 5.02 Å².